The van der Waals surface area contributed by atoms with E-state index in [2.05, 4.69) is 4.74 Å². The summed E-state index contributed by atoms with van der Waals surface area (Å²) in [6.45, 7) is 0. The molecule has 3 rings (SSSR count). The molecule has 0 radical (unpaired) electrons. The lowest BCUT2D eigenvalue weighted by molar-refractivity contribution is 0.0716. The zero-order valence-electron chi connectivity index (χ0n) is 14.4. The van der Waals surface area contributed by atoms with E-state index in [0.29, 0.717) is 5.39 Å². The first kappa shape index (κ1) is 21.8. The van der Waals surface area contributed by atoms with E-state index < -0.39 is 65.4 Å². The Labute approximate surface area is 163 Å². The minimum atomic E-state index is -5.10. The highest BCUT2D eigenvalue weighted by Crippen LogP contribution is 2.52. The predicted octanol–water partition coefficient (Wildman–Crippen LogP) is 4.90. The summed E-state index contributed by atoms with van der Waals surface area (Å²) in [5, 5.41) is 0.486. The molecule has 3 aromatic rings. The molecular formula is C18H9F6O5P. The number of esters is 1. The molecule has 0 bridgehead atoms. The number of hydrogen-bond acceptors (Lipinski definition) is 3. The first-order chi connectivity index (χ1) is 13.9. The predicted molar refractivity (Wildman–Crippen MR) is 91.0 cm³/mol. The summed E-state index contributed by atoms with van der Waals surface area (Å²) >= 11 is 0. The van der Waals surface area contributed by atoms with E-state index in [-0.39, 0.29) is 5.39 Å². The second kappa shape index (κ2) is 7.75. The standard InChI is InChI=1S/C18H9F6O5P/c19-11-12(20)14(22)16(15(23)13(11)21)29-18(25)9-4-2-7-1-3-8(5-10(7)6-9)17(24)30(26,27)28/h1-6,17H,(H2,26,27,28)/t17-/m1/s1. The Balaban J connectivity index is 1.99. The van der Waals surface area contributed by atoms with Crippen LogP contribution in [0.15, 0.2) is 36.4 Å². The highest BCUT2D eigenvalue weighted by molar-refractivity contribution is 7.51. The Bertz CT molecular complexity index is 1200. The third-order valence-electron chi connectivity index (χ3n) is 4.03. The number of carbonyl (C=O) groups is 1. The van der Waals surface area contributed by atoms with Crippen molar-refractivity contribution in [1.29, 1.82) is 0 Å². The quantitative estimate of drug-likeness (QED) is 0.148. The molecule has 0 fully saturated rings. The van der Waals surface area contributed by atoms with Crippen molar-refractivity contribution < 1.29 is 50.2 Å². The molecule has 5 nitrogen and oxygen atoms in total. The van der Waals surface area contributed by atoms with Crippen molar-refractivity contribution in [3.63, 3.8) is 0 Å². The molecule has 1 atom stereocenters. The maximum absolute atomic E-state index is 13.9. The van der Waals surface area contributed by atoms with Crippen molar-refractivity contribution in [3.05, 3.63) is 76.6 Å². The van der Waals surface area contributed by atoms with E-state index in [0.717, 1.165) is 24.3 Å². The van der Waals surface area contributed by atoms with E-state index >= 15 is 0 Å². The molecule has 0 aliphatic carbocycles. The summed E-state index contributed by atoms with van der Waals surface area (Å²) < 4.78 is 96.1. The second-order valence-corrected chi connectivity index (χ2v) is 7.67. The van der Waals surface area contributed by atoms with Gasteiger partial charge in [-0.2, -0.15) is 8.78 Å². The summed E-state index contributed by atoms with van der Waals surface area (Å²) in [6, 6.07) is 6.85. The normalized spacial score (nSPS) is 12.8. The Morgan fingerprint density at radius 2 is 1.37 bits per heavy atom. The lowest BCUT2D eigenvalue weighted by Crippen LogP contribution is -2.13. The van der Waals surface area contributed by atoms with Crippen LogP contribution in [0.25, 0.3) is 10.8 Å². The van der Waals surface area contributed by atoms with Gasteiger partial charge in [0.05, 0.1) is 5.56 Å². The van der Waals surface area contributed by atoms with Gasteiger partial charge in [0.15, 0.2) is 0 Å². The van der Waals surface area contributed by atoms with Crippen molar-refractivity contribution >= 4 is 24.3 Å². The SMILES string of the molecule is O=C(Oc1c(F)c(F)c(F)c(F)c1F)c1ccc2ccc([C@H](F)P(=O)(O)O)cc2c1. The minimum absolute atomic E-state index is 0.0930. The topological polar surface area (TPSA) is 83.8 Å². The van der Waals surface area contributed by atoms with E-state index in [4.69, 9.17) is 9.79 Å². The summed E-state index contributed by atoms with van der Waals surface area (Å²) in [4.78, 5) is 30.0. The molecule has 2 N–H and O–H groups in total. The molecule has 0 aliphatic heterocycles. The van der Waals surface area contributed by atoms with Gasteiger partial charge in [-0.1, -0.05) is 18.2 Å². The lowest BCUT2D eigenvalue weighted by Gasteiger charge is -2.12. The fourth-order valence-electron chi connectivity index (χ4n) is 2.56. The number of carbonyl (C=O) groups excluding carboxylic acids is 1. The molecule has 0 unspecified atom stereocenters. The number of hydrogen-bond donors (Lipinski definition) is 2. The van der Waals surface area contributed by atoms with Crippen molar-refractivity contribution in [1.82, 2.24) is 0 Å². The van der Waals surface area contributed by atoms with Gasteiger partial charge in [-0.05, 0) is 34.5 Å². The van der Waals surface area contributed by atoms with Gasteiger partial charge in [0.25, 0.3) is 0 Å². The first-order valence-electron chi connectivity index (χ1n) is 7.88. The molecule has 0 saturated carbocycles. The molecule has 0 aliphatic rings. The zero-order valence-corrected chi connectivity index (χ0v) is 15.3. The number of fused-ring (bicyclic) bond motifs is 1. The van der Waals surface area contributed by atoms with Crippen molar-refractivity contribution in [2.24, 2.45) is 0 Å². The van der Waals surface area contributed by atoms with Crippen LogP contribution in [0.4, 0.5) is 26.3 Å². The van der Waals surface area contributed by atoms with Crippen LogP contribution in [0.5, 0.6) is 5.75 Å². The molecule has 3 aromatic carbocycles. The molecule has 0 heterocycles. The molecule has 0 aromatic heterocycles. The van der Waals surface area contributed by atoms with Crippen LogP contribution < -0.4 is 4.74 Å². The van der Waals surface area contributed by atoms with Gasteiger partial charge in [0.1, 0.15) is 0 Å². The molecule has 158 valence electrons. The van der Waals surface area contributed by atoms with Crippen LogP contribution in [-0.2, 0) is 4.57 Å². The van der Waals surface area contributed by atoms with Gasteiger partial charge in [-0.3, -0.25) is 4.57 Å². The lowest BCUT2D eigenvalue weighted by atomic mass is 10.0. The maximum Gasteiger partial charge on any atom is 0.363 e. The van der Waals surface area contributed by atoms with Gasteiger partial charge < -0.3 is 14.5 Å². The fourth-order valence-corrected chi connectivity index (χ4v) is 3.11. The van der Waals surface area contributed by atoms with Gasteiger partial charge in [-0.15, -0.1) is 0 Å². The third kappa shape index (κ3) is 3.91. The average Bonchev–Trinajstić information content (AvgIpc) is 2.71. The van der Waals surface area contributed by atoms with Crippen molar-refractivity contribution in [2.45, 2.75) is 5.91 Å². The van der Waals surface area contributed by atoms with Gasteiger partial charge >= 0.3 is 13.6 Å². The zero-order chi connectivity index (χ0) is 22.4. The van der Waals surface area contributed by atoms with Crippen molar-refractivity contribution in [3.8, 4) is 5.75 Å². The van der Waals surface area contributed by atoms with Crippen LogP contribution in [0.2, 0.25) is 0 Å². The maximum atomic E-state index is 13.9. The molecule has 30 heavy (non-hydrogen) atoms. The Morgan fingerprint density at radius 1 is 0.833 bits per heavy atom. The molecule has 12 heteroatoms. The molecule has 0 saturated heterocycles. The second-order valence-electron chi connectivity index (χ2n) is 6.03. The van der Waals surface area contributed by atoms with Crippen molar-refractivity contribution in [2.75, 3.05) is 0 Å². The highest BCUT2D eigenvalue weighted by Gasteiger charge is 2.31. The molecule has 0 amide bonds. The van der Waals surface area contributed by atoms with E-state index in [1.54, 1.807) is 0 Å². The number of halogens is 6. The average molecular weight is 450 g/mol. The summed E-state index contributed by atoms with van der Waals surface area (Å²) in [5.41, 5.74) is -0.809. The van der Waals surface area contributed by atoms with Gasteiger partial charge in [0.2, 0.25) is 40.7 Å². The third-order valence-corrected chi connectivity index (χ3v) is 4.92. The fraction of sp³-hybridized carbons (Fsp3) is 0.0556. The van der Waals surface area contributed by atoms with Crippen LogP contribution in [0, 0.1) is 29.1 Å². The number of rotatable bonds is 4. The van der Waals surface area contributed by atoms with E-state index in [1.807, 2.05) is 0 Å². The number of alkyl halides is 1. The smallest absolute Gasteiger partial charge is 0.363 e. The summed E-state index contributed by atoms with van der Waals surface area (Å²) in [5.74, 6) is -17.6. The van der Waals surface area contributed by atoms with Crippen LogP contribution >= 0.6 is 7.60 Å². The summed E-state index contributed by atoms with van der Waals surface area (Å²) in [6.07, 6.45) is 0. The van der Waals surface area contributed by atoms with Gasteiger partial charge in [-0.25, -0.2) is 22.4 Å². The van der Waals surface area contributed by atoms with Crippen LogP contribution in [0.3, 0.4) is 0 Å². The molecule has 0 spiro atoms. The largest absolute Gasteiger partial charge is 0.416 e. The monoisotopic (exact) mass is 450 g/mol. The minimum Gasteiger partial charge on any atom is -0.416 e. The first-order valence-corrected chi connectivity index (χ1v) is 9.56. The van der Waals surface area contributed by atoms with E-state index in [1.165, 1.54) is 12.1 Å². The molecular weight excluding hydrogens is 441 g/mol. The Morgan fingerprint density at radius 3 is 1.93 bits per heavy atom. The Hall–Kier alpha value is -2.88. The Kier molecular flexibility index (Phi) is 5.64. The number of ether oxygens (including phenoxy) is 1. The number of benzene rings is 3. The van der Waals surface area contributed by atoms with Crippen LogP contribution in [-0.4, -0.2) is 15.8 Å². The van der Waals surface area contributed by atoms with Crippen LogP contribution in [0.1, 0.15) is 21.8 Å². The van der Waals surface area contributed by atoms with Gasteiger partial charge in [0, 0.05) is 0 Å². The summed E-state index contributed by atoms with van der Waals surface area (Å²) in [7, 11) is -5.10. The van der Waals surface area contributed by atoms with E-state index in [9.17, 15) is 35.7 Å². The highest BCUT2D eigenvalue weighted by atomic mass is 31.2.